The first-order valence-electron chi connectivity index (χ1n) is 8.70. The van der Waals surface area contributed by atoms with Crippen LogP contribution in [0.2, 0.25) is 0 Å². The predicted octanol–water partition coefficient (Wildman–Crippen LogP) is 2.29. The molecule has 21 heavy (non-hydrogen) atoms. The highest BCUT2D eigenvalue weighted by molar-refractivity contribution is 5.44. The maximum atomic E-state index is 3.52. The first kappa shape index (κ1) is 13.6. The van der Waals surface area contributed by atoms with Crippen LogP contribution in [0, 0.1) is 0 Å². The standard InChI is InChI=1S/C18H27N3/c1-2-7-18(17-8-9-19-13-15(17)5-1)21-12-11-20-10-4-3-6-16(20)14-21/h1,5,7,16,19H,2-4,6,8-14H2. The molecule has 0 radical (unpaired) electrons. The maximum Gasteiger partial charge on any atom is 0.0366 e. The summed E-state index contributed by atoms with van der Waals surface area (Å²) in [6.45, 7) is 7.23. The molecule has 0 aromatic carbocycles. The van der Waals surface area contributed by atoms with E-state index in [0.717, 1.165) is 25.6 Å². The Morgan fingerprint density at radius 1 is 1.14 bits per heavy atom. The molecule has 0 amide bonds. The summed E-state index contributed by atoms with van der Waals surface area (Å²) in [6, 6.07) is 0.801. The lowest BCUT2D eigenvalue weighted by atomic mass is 9.95. The van der Waals surface area contributed by atoms with Crippen molar-refractivity contribution in [2.75, 3.05) is 39.3 Å². The molecule has 1 aliphatic carbocycles. The van der Waals surface area contributed by atoms with Crippen molar-refractivity contribution in [3.63, 3.8) is 0 Å². The third kappa shape index (κ3) is 2.69. The second-order valence-electron chi connectivity index (χ2n) is 6.79. The van der Waals surface area contributed by atoms with Gasteiger partial charge in [-0.15, -0.1) is 0 Å². The smallest absolute Gasteiger partial charge is 0.0366 e. The Morgan fingerprint density at radius 3 is 3.14 bits per heavy atom. The predicted molar refractivity (Wildman–Crippen MR) is 87.1 cm³/mol. The molecule has 4 aliphatic rings. The SMILES string of the molecule is C1=CC2=C(CCNC2)C(N2CCN3CCCCC3C2)=CC1. The highest BCUT2D eigenvalue weighted by Crippen LogP contribution is 2.31. The normalized spacial score (nSPS) is 30.6. The molecule has 2 fully saturated rings. The molecule has 0 bridgehead atoms. The minimum absolute atomic E-state index is 0.801. The van der Waals surface area contributed by atoms with E-state index in [-0.39, 0.29) is 0 Å². The average molecular weight is 285 g/mol. The molecule has 0 saturated carbocycles. The summed E-state index contributed by atoms with van der Waals surface area (Å²) in [4.78, 5) is 5.42. The molecule has 3 aliphatic heterocycles. The van der Waals surface area contributed by atoms with Crippen LogP contribution in [0.3, 0.4) is 0 Å². The van der Waals surface area contributed by atoms with E-state index in [2.05, 4.69) is 33.3 Å². The van der Waals surface area contributed by atoms with Gasteiger partial charge in [-0.25, -0.2) is 0 Å². The molecule has 0 spiro atoms. The summed E-state index contributed by atoms with van der Waals surface area (Å²) in [6.07, 6.45) is 13.7. The fourth-order valence-corrected chi connectivity index (χ4v) is 4.36. The Balaban J connectivity index is 1.56. The molecular weight excluding hydrogens is 258 g/mol. The van der Waals surface area contributed by atoms with Gasteiger partial charge in [-0.3, -0.25) is 4.90 Å². The van der Waals surface area contributed by atoms with Crippen molar-refractivity contribution in [1.29, 1.82) is 0 Å². The van der Waals surface area contributed by atoms with Crippen LogP contribution in [0.15, 0.2) is 35.1 Å². The van der Waals surface area contributed by atoms with Crippen LogP contribution < -0.4 is 5.32 Å². The lowest BCUT2D eigenvalue weighted by Gasteiger charge is -2.46. The van der Waals surface area contributed by atoms with E-state index in [9.17, 15) is 0 Å². The van der Waals surface area contributed by atoms with Gasteiger partial charge in [-0.2, -0.15) is 0 Å². The zero-order valence-electron chi connectivity index (χ0n) is 13.0. The minimum Gasteiger partial charge on any atom is -0.369 e. The monoisotopic (exact) mass is 285 g/mol. The number of piperazine rings is 1. The van der Waals surface area contributed by atoms with Crippen LogP contribution in [-0.2, 0) is 0 Å². The van der Waals surface area contributed by atoms with Crippen molar-refractivity contribution in [2.45, 2.75) is 38.1 Å². The van der Waals surface area contributed by atoms with Gasteiger partial charge in [-0.1, -0.05) is 24.6 Å². The molecule has 3 nitrogen and oxygen atoms in total. The number of allylic oxidation sites excluding steroid dienone is 3. The second-order valence-corrected chi connectivity index (χ2v) is 6.79. The van der Waals surface area contributed by atoms with Crippen LogP contribution in [0.5, 0.6) is 0 Å². The zero-order valence-corrected chi connectivity index (χ0v) is 13.0. The topological polar surface area (TPSA) is 18.5 Å². The van der Waals surface area contributed by atoms with Crippen molar-refractivity contribution in [3.8, 4) is 0 Å². The number of nitrogens with zero attached hydrogens (tertiary/aromatic N) is 2. The Morgan fingerprint density at radius 2 is 2.14 bits per heavy atom. The quantitative estimate of drug-likeness (QED) is 0.797. The molecule has 2 saturated heterocycles. The van der Waals surface area contributed by atoms with E-state index < -0.39 is 0 Å². The number of rotatable bonds is 1. The molecule has 3 heteroatoms. The summed E-state index contributed by atoms with van der Waals surface area (Å²) in [5.74, 6) is 0. The fourth-order valence-electron chi connectivity index (χ4n) is 4.36. The van der Waals surface area contributed by atoms with Crippen molar-refractivity contribution >= 4 is 0 Å². The molecular formula is C18H27N3. The zero-order chi connectivity index (χ0) is 14.1. The van der Waals surface area contributed by atoms with Gasteiger partial charge >= 0.3 is 0 Å². The first-order chi connectivity index (χ1) is 10.4. The fraction of sp³-hybridized carbons (Fsp3) is 0.667. The summed E-state index contributed by atoms with van der Waals surface area (Å²) < 4.78 is 0. The number of hydrogen-bond donors (Lipinski definition) is 1. The van der Waals surface area contributed by atoms with Gasteiger partial charge in [0, 0.05) is 37.9 Å². The Labute approximate surface area is 128 Å². The van der Waals surface area contributed by atoms with Crippen LogP contribution in [0.4, 0.5) is 0 Å². The highest BCUT2D eigenvalue weighted by Gasteiger charge is 2.31. The van der Waals surface area contributed by atoms with E-state index in [1.165, 1.54) is 57.4 Å². The summed E-state index contributed by atoms with van der Waals surface area (Å²) >= 11 is 0. The van der Waals surface area contributed by atoms with Crippen LogP contribution in [0.25, 0.3) is 0 Å². The molecule has 1 atom stereocenters. The molecule has 1 N–H and O–H groups in total. The largest absolute Gasteiger partial charge is 0.369 e. The van der Waals surface area contributed by atoms with Crippen LogP contribution in [-0.4, -0.2) is 55.1 Å². The summed E-state index contributed by atoms with van der Waals surface area (Å²) in [7, 11) is 0. The number of nitrogens with one attached hydrogen (secondary N) is 1. The van der Waals surface area contributed by atoms with E-state index in [1.54, 1.807) is 11.3 Å². The van der Waals surface area contributed by atoms with Crippen molar-refractivity contribution in [2.24, 2.45) is 0 Å². The molecule has 114 valence electrons. The van der Waals surface area contributed by atoms with E-state index in [4.69, 9.17) is 0 Å². The van der Waals surface area contributed by atoms with Crippen LogP contribution in [0.1, 0.15) is 32.1 Å². The van der Waals surface area contributed by atoms with Crippen molar-refractivity contribution < 1.29 is 0 Å². The molecule has 3 heterocycles. The van der Waals surface area contributed by atoms with Crippen molar-refractivity contribution in [1.82, 2.24) is 15.1 Å². The van der Waals surface area contributed by atoms with Gasteiger partial charge < -0.3 is 10.2 Å². The molecule has 0 aromatic heterocycles. The maximum absolute atomic E-state index is 3.52. The van der Waals surface area contributed by atoms with Crippen molar-refractivity contribution in [3.05, 3.63) is 35.1 Å². The second kappa shape index (κ2) is 5.98. The van der Waals surface area contributed by atoms with Gasteiger partial charge in [0.25, 0.3) is 0 Å². The minimum atomic E-state index is 0.801. The molecule has 0 aromatic rings. The Bertz CT molecular complexity index is 489. The lowest BCUT2D eigenvalue weighted by molar-refractivity contribution is 0.0663. The van der Waals surface area contributed by atoms with Gasteiger partial charge in [0.2, 0.25) is 0 Å². The third-order valence-electron chi connectivity index (χ3n) is 5.51. The number of fused-ring (bicyclic) bond motifs is 1. The third-order valence-corrected chi connectivity index (χ3v) is 5.51. The van der Waals surface area contributed by atoms with E-state index in [0.29, 0.717) is 0 Å². The number of hydrogen-bond acceptors (Lipinski definition) is 3. The van der Waals surface area contributed by atoms with Gasteiger partial charge in [0.1, 0.15) is 0 Å². The number of piperidine rings is 1. The van der Waals surface area contributed by atoms with Gasteiger partial charge in [-0.05, 0) is 49.9 Å². The lowest BCUT2D eigenvalue weighted by Crippen LogP contribution is -2.54. The average Bonchev–Trinajstić information content (AvgIpc) is 2.77. The summed E-state index contributed by atoms with van der Waals surface area (Å²) in [5, 5.41) is 3.52. The van der Waals surface area contributed by atoms with E-state index >= 15 is 0 Å². The van der Waals surface area contributed by atoms with Gasteiger partial charge in [0.15, 0.2) is 0 Å². The van der Waals surface area contributed by atoms with Gasteiger partial charge in [0.05, 0.1) is 0 Å². The Kier molecular flexibility index (Phi) is 3.87. The summed E-state index contributed by atoms with van der Waals surface area (Å²) in [5.41, 5.74) is 4.70. The Hall–Kier alpha value is -1.06. The molecule has 4 rings (SSSR count). The first-order valence-corrected chi connectivity index (χ1v) is 8.70. The van der Waals surface area contributed by atoms with E-state index in [1.807, 2.05) is 0 Å². The highest BCUT2D eigenvalue weighted by atomic mass is 15.3. The molecule has 1 unspecified atom stereocenters. The van der Waals surface area contributed by atoms with Crippen LogP contribution >= 0.6 is 0 Å².